The molecule has 4 aromatic rings. The highest BCUT2D eigenvalue weighted by Gasteiger charge is 2.14. The van der Waals surface area contributed by atoms with E-state index in [1.54, 1.807) is 12.4 Å². The maximum absolute atomic E-state index is 9.08. The first-order chi connectivity index (χ1) is 15.1. The van der Waals surface area contributed by atoms with Gasteiger partial charge in [-0.25, -0.2) is 15.0 Å². The monoisotopic (exact) mass is 452 g/mol. The van der Waals surface area contributed by atoms with E-state index in [-0.39, 0.29) is 6.61 Å². The first-order valence-corrected chi connectivity index (χ1v) is 11.1. The topological polar surface area (TPSA) is 106 Å². The van der Waals surface area contributed by atoms with Gasteiger partial charge in [0.1, 0.15) is 16.6 Å². The summed E-state index contributed by atoms with van der Waals surface area (Å²) >= 11 is 2.70. The van der Waals surface area contributed by atoms with Crippen LogP contribution in [0.2, 0.25) is 0 Å². The Morgan fingerprint density at radius 3 is 2.77 bits per heavy atom. The third kappa shape index (κ3) is 5.54. The Bertz CT molecular complexity index is 1170. The molecule has 8 nitrogen and oxygen atoms in total. The molecule has 0 fully saturated rings. The van der Waals surface area contributed by atoms with Crippen molar-refractivity contribution < 1.29 is 9.84 Å². The predicted octanol–water partition coefficient (Wildman–Crippen LogP) is 4.56. The molecule has 10 heteroatoms. The summed E-state index contributed by atoms with van der Waals surface area (Å²) in [4.78, 5) is 18.6. The van der Waals surface area contributed by atoms with Crippen LogP contribution in [0.15, 0.2) is 58.7 Å². The largest absolute Gasteiger partial charge is 0.452 e. The molecule has 0 saturated carbocycles. The predicted molar refractivity (Wildman–Crippen MR) is 120 cm³/mol. The van der Waals surface area contributed by atoms with Crippen molar-refractivity contribution in [1.29, 1.82) is 0 Å². The number of aliphatic hydroxyl groups excluding tert-OH is 1. The zero-order chi connectivity index (χ0) is 21.6. The molecule has 2 N–H and O–H groups in total. The summed E-state index contributed by atoms with van der Waals surface area (Å²) in [6.45, 7) is 3.85. The van der Waals surface area contributed by atoms with Crippen LogP contribution in [0, 0.1) is 13.8 Å². The van der Waals surface area contributed by atoms with Crippen LogP contribution >= 0.6 is 23.3 Å². The van der Waals surface area contributed by atoms with Gasteiger partial charge in [-0.05, 0) is 38.1 Å². The fraction of sp³-hybridized carbons (Fsp3) is 0.190. The molecule has 158 valence electrons. The van der Waals surface area contributed by atoms with E-state index >= 15 is 0 Å². The minimum Gasteiger partial charge on any atom is -0.452 e. The van der Waals surface area contributed by atoms with Gasteiger partial charge in [0.25, 0.3) is 0 Å². The molecule has 0 atom stereocenters. The standard InChI is InChI=1S/C21H20N6O2S2/c1-13-6-7-16(14(2)24-13)29-17-11-15(30-19-5-3-4-9-22-19)12-23-20(17)26-21-25-18(8-10-28)27-31-21/h3-7,9,11-12,28H,8,10H2,1-2H3,(H,23,25,26,27). The zero-order valence-corrected chi connectivity index (χ0v) is 18.6. The van der Waals surface area contributed by atoms with E-state index in [1.165, 1.54) is 23.3 Å². The lowest BCUT2D eigenvalue weighted by molar-refractivity contribution is 0.297. The van der Waals surface area contributed by atoms with Gasteiger partial charge in [-0.2, -0.15) is 4.37 Å². The molecule has 0 unspecified atom stereocenters. The van der Waals surface area contributed by atoms with Crippen molar-refractivity contribution in [2.24, 2.45) is 0 Å². The highest BCUT2D eigenvalue weighted by Crippen LogP contribution is 2.36. The van der Waals surface area contributed by atoms with Crippen LogP contribution in [0.4, 0.5) is 10.9 Å². The zero-order valence-electron chi connectivity index (χ0n) is 16.9. The molecule has 4 heterocycles. The van der Waals surface area contributed by atoms with Gasteiger partial charge in [0, 0.05) is 47.0 Å². The SMILES string of the molecule is Cc1ccc(Oc2cc(Sc3ccccn3)cnc2Nc2nc(CCO)ns2)c(C)n1. The lowest BCUT2D eigenvalue weighted by Gasteiger charge is -2.13. The van der Waals surface area contributed by atoms with Crippen molar-refractivity contribution in [2.75, 3.05) is 11.9 Å². The summed E-state index contributed by atoms with van der Waals surface area (Å²) in [5, 5.41) is 13.7. The fourth-order valence-corrected chi connectivity index (χ4v) is 4.08. The molecule has 0 saturated heterocycles. The van der Waals surface area contributed by atoms with Crippen LogP contribution in [-0.2, 0) is 6.42 Å². The van der Waals surface area contributed by atoms with E-state index < -0.39 is 0 Å². The summed E-state index contributed by atoms with van der Waals surface area (Å²) < 4.78 is 10.4. The van der Waals surface area contributed by atoms with Gasteiger partial charge in [0.2, 0.25) is 5.13 Å². The number of aromatic nitrogens is 5. The lowest BCUT2D eigenvalue weighted by Crippen LogP contribution is -2.00. The van der Waals surface area contributed by atoms with E-state index in [4.69, 9.17) is 9.84 Å². The van der Waals surface area contributed by atoms with Crippen molar-refractivity contribution in [3.63, 3.8) is 0 Å². The first-order valence-electron chi connectivity index (χ1n) is 9.52. The fourth-order valence-electron chi connectivity index (χ4n) is 2.69. The molecule has 4 rings (SSSR count). The minimum atomic E-state index is 0.00191. The maximum Gasteiger partial charge on any atom is 0.208 e. The minimum absolute atomic E-state index is 0.00191. The Kier molecular flexibility index (Phi) is 6.70. The molecule has 0 aliphatic carbocycles. The number of hydrogen-bond acceptors (Lipinski definition) is 10. The van der Waals surface area contributed by atoms with Crippen LogP contribution in [0.1, 0.15) is 17.2 Å². The smallest absolute Gasteiger partial charge is 0.208 e. The van der Waals surface area contributed by atoms with E-state index in [0.29, 0.717) is 34.7 Å². The normalized spacial score (nSPS) is 10.8. The number of rotatable bonds is 8. The Hall–Kier alpha value is -3.08. The molecule has 0 radical (unpaired) electrons. The molecule has 0 aliphatic rings. The molecule has 31 heavy (non-hydrogen) atoms. The molecular formula is C21H20N6O2S2. The van der Waals surface area contributed by atoms with Gasteiger partial charge >= 0.3 is 0 Å². The Morgan fingerprint density at radius 1 is 1.10 bits per heavy atom. The average Bonchev–Trinajstić information content (AvgIpc) is 3.20. The van der Waals surface area contributed by atoms with Crippen LogP contribution in [0.5, 0.6) is 11.5 Å². The van der Waals surface area contributed by atoms with Crippen LogP contribution in [0.25, 0.3) is 0 Å². The quantitative estimate of drug-likeness (QED) is 0.398. The third-order valence-corrected chi connectivity index (χ3v) is 5.69. The van der Waals surface area contributed by atoms with Gasteiger partial charge in [0.15, 0.2) is 11.6 Å². The number of aryl methyl sites for hydroxylation is 2. The summed E-state index contributed by atoms with van der Waals surface area (Å²) in [7, 11) is 0. The van der Waals surface area contributed by atoms with Gasteiger partial charge < -0.3 is 15.2 Å². The number of nitrogens with zero attached hydrogens (tertiary/aromatic N) is 5. The number of ether oxygens (including phenoxy) is 1. The number of hydrogen-bond donors (Lipinski definition) is 2. The van der Waals surface area contributed by atoms with Gasteiger partial charge in [-0.15, -0.1) is 0 Å². The van der Waals surface area contributed by atoms with E-state index in [9.17, 15) is 0 Å². The highest BCUT2D eigenvalue weighted by atomic mass is 32.2. The van der Waals surface area contributed by atoms with Gasteiger partial charge in [0.05, 0.1) is 12.3 Å². The molecule has 0 amide bonds. The lowest BCUT2D eigenvalue weighted by atomic mass is 10.3. The summed E-state index contributed by atoms with van der Waals surface area (Å²) in [6.07, 6.45) is 3.91. The first kappa shape index (κ1) is 21.2. The van der Waals surface area contributed by atoms with Crippen molar-refractivity contribution >= 4 is 34.2 Å². The van der Waals surface area contributed by atoms with E-state index in [2.05, 4.69) is 29.6 Å². The summed E-state index contributed by atoms with van der Waals surface area (Å²) in [6, 6.07) is 11.5. The van der Waals surface area contributed by atoms with E-state index in [0.717, 1.165) is 21.3 Å². The van der Waals surface area contributed by atoms with Crippen molar-refractivity contribution in [3.8, 4) is 11.5 Å². The molecule has 0 aliphatic heterocycles. The molecule has 0 spiro atoms. The second kappa shape index (κ2) is 9.82. The second-order valence-electron chi connectivity index (χ2n) is 6.54. The van der Waals surface area contributed by atoms with Crippen LogP contribution in [-0.4, -0.2) is 36.0 Å². The van der Waals surface area contributed by atoms with Crippen molar-refractivity contribution in [3.05, 3.63) is 66.0 Å². The summed E-state index contributed by atoms with van der Waals surface area (Å²) in [5.74, 6) is 2.28. The average molecular weight is 453 g/mol. The molecule has 0 aromatic carbocycles. The maximum atomic E-state index is 9.08. The van der Waals surface area contributed by atoms with Crippen molar-refractivity contribution in [1.82, 2.24) is 24.3 Å². The van der Waals surface area contributed by atoms with E-state index in [1.807, 2.05) is 50.2 Å². The Labute approximate surface area is 188 Å². The molecule has 0 bridgehead atoms. The number of nitrogens with one attached hydrogen (secondary N) is 1. The van der Waals surface area contributed by atoms with Crippen molar-refractivity contribution in [2.45, 2.75) is 30.2 Å². The van der Waals surface area contributed by atoms with Gasteiger partial charge in [-0.1, -0.05) is 17.8 Å². The Balaban J connectivity index is 1.65. The number of pyridine rings is 3. The van der Waals surface area contributed by atoms with Gasteiger partial charge in [-0.3, -0.25) is 4.98 Å². The summed E-state index contributed by atoms with van der Waals surface area (Å²) in [5.41, 5.74) is 1.71. The Morgan fingerprint density at radius 2 is 2.00 bits per heavy atom. The second-order valence-corrected chi connectivity index (χ2v) is 8.39. The molecule has 4 aromatic heterocycles. The third-order valence-electron chi connectivity index (χ3n) is 4.11. The number of aliphatic hydroxyl groups is 1. The number of anilines is 2. The van der Waals surface area contributed by atoms with Crippen LogP contribution in [0.3, 0.4) is 0 Å². The van der Waals surface area contributed by atoms with Crippen LogP contribution < -0.4 is 10.1 Å². The highest BCUT2D eigenvalue weighted by molar-refractivity contribution is 7.99. The molecular weight excluding hydrogens is 432 g/mol.